The van der Waals surface area contributed by atoms with Crippen LogP contribution in [0.2, 0.25) is 0 Å². The number of piperidine rings is 1. The van der Waals surface area contributed by atoms with Crippen LogP contribution in [0.1, 0.15) is 31.7 Å². The van der Waals surface area contributed by atoms with Crippen molar-refractivity contribution >= 4 is 22.7 Å². The molecule has 7 heteroatoms. The molecule has 1 aromatic carbocycles. The van der Waals surface area contributed by atoms with Crippen LogP contribution in [0.15, 0.2) is 29.3 Å². The molecule has 1 saturated heterocycles. The zero-order valence-corrected chi connectivity index (χ0v) is 15.2. The normalized spacial score (nSPS) is 15.2. The minimum absolute atomic E-state index is 0.0770. The van der Waals surface area contributed by atoms with Gasteiger partial charge in [-0.15, -0.1) is 0 Å². The van der Waals surface area contributed by atoms with Gasteiger partial charge in [-0.1, -0.05) is 12.1 Å². The van der Waals surface area contributed by atoms with E-state index in [1.807, 2.05) is 19.1 Å². The quantitative estimate of drug-likeness (QED) is 0.893. The minimum atomic E-state index is -0.124. The van der Waals surface area contributed by atoms with Crippen LogP contribution in [0.3, 0.4) is 0 Å². The molecule has 2 amide bonds. The maximum Gasteiger partial charge on any atom is 0.261 e. The third kappa shape index (κ3) is 3.92. The van der Waals surface area contributed by atoms with Crippen LogP contribution < -0.4 is 10.9 Å². The van der Waals surface area contributed by atoms with Crippen molar-refractivity contribution in [2.45, 2.75) is 45.7 Å². The molecule has 0 saturated carbocycles. The molecule has 26 heavy (non-hydrogen) atoms. The third-order valence-electron chi connectivity index (χ3n) is 4.94. The summed E-state index contributed by atoms with van der Waals surface area (Å²) >= 11 is 0. The molecule has 1 aliphatic heterocycles. The summed E-state index contributed by atoms with van der Waals surface area (Å²) in [6.07, 6.45) is 3.27. The average molecular weight is 356 g/mol. The first-order valence-electron chi connectivity index (χ1n) is 8.95. The highest BCUT2D eigenvalue weighted by molar-refractivity contribution is 5.80. The number of nitrogens with one attached hydrogen (secondary N) is 1. The second-order valence-electron chi connectivity index (χ2n) is 6.81. The lowest BCUT2D eigenvalue weighted by atomic mass is 10.0. The van der Waals surface area contributed by atoms with E-state index in [9.17, 15) is 14.4 Å². The van der Waals surface area contributed by atoms with Crippen molar-refractivity contribution in [3.63, 3.8) is 0 Å². The zero-order chi connectivity index (χ0) is 18.7. The predicted octanol–water partition coefficient (Wildman–Crippen LogP) is 1.22. The molecule has 0 spiro atoms. The Morgan fingerprint density at radius 1 is 1.27 bits per heavy atom. The number of fused-ring (bicyclic) bond motifs is 1. The Morgan fingerprint density at radius 2 is 2.00 bits per heavy atom. The van der Waals surface area contributed by atoms with Crippen LogP contribution >= 0.6 is 0 Å². The van der Waals surface area contributed by atoms with Gasteiger partial charge in [0.2, 0.25) is 11.8 Å². The van der Waals surface area contributed by atoms with Crippen molar-refractivity contribution in [2.75, 3.05) is 13.1 Å². The summed E-state index contributed by atoms with van der Waals surface area (Å²) in [5.41, 5.74) is 1.54. The van der Waals surface area contributed by atoms with Crippen LogP contribution in [-0.4, -0.2) is 45.4 Å². The van der Waals surface area contributed by atoms with Gasteiger partial charge in [-0.25, -0.2) is 4.98 Å². The molecule has 1 N–H and O–H groups in total. The highest BCUT2D eigenvalue weighted by atomic mass is 16.2. The second kappa shape index (κ2) is 7.68. The van der Waals surface area contributed by atoms with E-state index in [1.165, 1.54) is 10.9 Å². The molecule has 138 valence electrons. The molecule has 0 unspecified atom stereocenters. The van der Waals surface area contributed by atoms with Gasteiger partial charge in [0.15, 0.2) is 0 Å². The fourth-order valence-electron chi connectivity index (χ4n) is 3.36. The number of amides is 2. The molecule has 0 bridgehead atoms. The van der Waals surface area contributed by atoms with Gasteiger partial charge in [0.1, 0.15) is 0 Å². The standard InChI is InChI=1S/C19H24N4O3/c1-13-4-3-5-16-18(13)20-12-23(19(16)26)11-8-17(25)21-15-6-9-22(10-7-15)14(2)24/h3-5,12,15H,6-11H2,1-2H3,(H,21,25). The van der Waals surface area contributed by atoms with Crippen molar-refractivity contribution in [1.82, 2.24) is 19.8 Å². The van der Waals surface area contributed by atoms with E-state index in [-0.39, 0.29) is 29.8 Å². The number of aryl methyl sites for hydroxylation is 2. The molecule has 2 aromatic rings. The van der Waals surface area contributed by atoms with Gasteiger partial charge in [-0.05, 0) is 31.4 Å². The van der Waals surface area contributed by atoms with Gasteiger partial charge >= 0.3 is 0 Å². The average Bonchev–Trinajstić information content (AvgIpc) is 2.62. The number of carbonyl (C=O) groups is 2. The van der Waals surface area contributed by atoms with Crippen molar-refractivity contribution in [1.29, 1.82) is 0 Å². The molecule has 0 aliphatic carbocycles. The molecule has 0 atom stereocenters. The summed E-state index contributed by atoms with van der Waals surface area (Å²) in [4.78, 5) is 42.2. The number of carbonyl (C=O) groups excluding carboxylic acids is 2. The number of aromatic nitrogens is 2. The Kier molecular flexibility index (Phi) is 5.35. The monoisotopic (exact) mass is 356 g/mol. The first kappa shape index (κ1) is 18.1. The summed E-state index contributed by atoms with van der Waals surface area (Å²) in [5.74, 6) is -0.00398. The van der Waals surface area contributed by atoms with Crippen LogP contribution in [0.5, 0.6) is 0 Å². The number of likely N-dealkylation sites (tertiary alicyclic amines) is 1. The predicted molar refractivity (Wildman–Crippen MR) is 98.8 cm³/mol. The van der Waals surface area contributed by atoms with Crippen molar-refractivity contribution in [2.24, 2.45) is 0 Å². The second-order valence-corrected chi connectivity index (χ2v) is 6.81. The summed E-state index contributed by atoms with van der Waals surface area (Å²) in [6, 6.07) is 5.61. The summed E-state index contributed by atoms with van der Waals surface area (Å²) in [5, 5.41) is 3.58. The van der Waals surface area contributed by atoms with E-state index in [4.69, 9.17) is 0 Å². The van der Waals surface area contributed by atoms with Gasteiger partial charge in [0, 0.05) is 39.0 Å². The van der Waals surface area contributed by atoms with Gasteiger partial charge in [-0.3, -0.25) is 19.0 Å². The largest absolute Gasteiger partial charge is 0.353 e. The molecule has 3 rings (SSSR count). The zero-order valence-electron chi connectivity index (χ0n) is 15.2. The van der Waals surface area contributed by atoms with Crippen molar-refractivity contribution in [3.05, 3.63) is 40.4 Å². The molecule has 1 aliphatic rings. The molecule has 0 radical (unpaired) electrons. The highest BCUT2D eigenvalue weighted by Gasteiger charge is 2.21. The van der Waals surface area contributed by atoms with Crippen molar-refractivity contribution < 1.29 is 9.59 Å². The Bertz CT molecular complexity index is 882. The first-order valence-corrected chi connectivity index (χ1v) is 8.95. The smallest absolute Gasteiger partial charge is 0.261 e. The lowest BCUT2D eigenvalue weighted by molar-refractivity contribution is -0.130. The van der Waals surface area contributed by atoms with Crippen LogP contribution in [0.25, 0.3) is 10.9 Å². The fourth-order valence-corrected chi connectivity index (χ4v) is 3.36. The fraction of sp³-hybridized carbons (Fsp3) is 0.474. The minimum Gasteiger partial charge on any atom is -0.353 e. The van der Waals surface area contributed by atoms with Crippen LogP contribution in [0.4, 0.5) is 0 Å². The molecule has 7 nitrogen and oxygen atoms in total. The van der Waals surface area contributed by atoms with Gasteiger partial charge < -0.3 is 10.2 Å². The van der Waals surface area contributed by atoms with Crippen LogP contribution in [-0.2, 0) is 16.1 Å². The molecule has 1 aromatic heterocycles. The van der Waals surface area contributed by atoms with Gasteiger partial charge in [0.25, 0.3) is 5.56 Å². The lowest BCUT2D eigenvalue weighted by Crippen LogP contribution is -2.46. The highest BCUT2D eigenvalue weighted by Crippen LogP contribution is 2.12. The molecular weight excluding hydrogens is 332 g/mol. The van der Waals surface area contributed by atoms with Gasteiger partial charge in [0.05, 0.1) is 17.2 Å². The summed E-state index contributed by atoms with van der Waals surface area (Å²) in [7, 11) is 0. The van der Waals surface area contributed by atoms with E-state index in [0.29, 0.717) is 30.5 Å². The summed E-state index contributed by atoms with van der Waals surface area (Å²) in [6.45, 7) is 5.13. The number of hydrogen-bond donors (Lipinski definition) is 1. The first-order chi connectivity index (χ1) is 12.5. The Hall–Kier alpha value is -2.70. The maximum absolute atomic E-state index is 12.5. The number of para-hydroxylation sites is 1. The van der Waals surface area contributed by atoms with E-state index in [0.717, 1.165) is 18.4 Å². The Morgan fingerprint density at radius 3 is 2.69 bits per heavy atom. The Balaban J connectivity index is 1.57. The molecule has 1 fully saturated rings. The van der Waals surface area contributed by atoms with E-state index in [1.54, 1.807) is 17.9 Å². The SMILES string of the molecule is CC(=O)N1CCC(NC(=O)CCn2cnc3c(C)cccc3c2=O)CC1. The molecule has 2 heterocycles. The number of nitrogens with zero attached hydrogens (tertiary/aromatic N) is 3. The third-order valence-corrected chi connectivity index (χ3v) is 4.94. The lowest BCUT2D eigenvalue weighted by Gasteiger charge is -2.31. The van der Waals surface area contributed by atoms with Gasteiger partial charge in [-0.2, -0.15) is 0 Å². The van der Waals surface area contributed by atoms with E-state index in [2.05, 4.69) is 10.3 Å². The Labute approximate surface area is 152 Å². The van der Waals surface area contributed by atoms with Crippen LogP contribution in [0, 0.1) is 6.92 Å². The van der Waals surface area contributed by atoms with Crippen molar-refractivity contribution in [3.8, 4) is 0 Å². The van der Waals surface area contributed by atoms with E-state index < -0.39 is 0 Å². The van der Waals surface area contributed by atoms with E-state index >= 15 is 0 Å². The number of rotatable bonds is 4. The maximum atomic E-state index is 12.5. The number of hydrogen-bond acceptors (Lipinski definition) is 4. The number of benzene rings is 1. The summed E-state index contributed by atoms with van der Waals surface area (Å²) < 4.78 is 1.49. The topological polar surface area (TPSA) is 84.3 Å². The molecular formula is C19H24N4O3.